The van der Waals surface area contributed by atoms with Gasteiger partial charge in [0.15, 0.2) is 11.5 Å². The molecule has 2 aromatic carbocycles. The summed E-state index contributed by atoms with van der Waals surface area (Å²) in [6, 6.07) is 12.9. The van der Waals surface area contributed by atoms with Crippen LogP contribution < -0.4 is 19.5 Å². The van der Waals surface area contributed by atoms with Crippen LogP contribution in [0.4, 0.5) is 5.69 Å². The van der Waals surface area contributed by atoms with Crippen LogP contribution in [-0.4, -0.2) is 26.2 Å². The molecular weight excluding hydrogens is 344 g/mol. The van der Waals surface area contributed by atoms with E-state index in [1.807, 2.05) is 30.3 Å². The van der Waals surface area contributed by atoms with Gasteiger partial charge in [0, 0.05) is 5.69 Å². The van der Waals surface area contributed by atoms with Crippen molar-refractivity contribution in [3.8, 4) is 23.3 Å². The van der Waals surface area contributed by atoms with Crippen molar-refractivity contribution in [2.75, 3.05) is 25.6 Å². The van der Waals surface area contributed by atoms with Gasteiger partial charge in [-0.15, -0.1) is 0 Å². The molecule has 27 heavy (non-hydrogen) atoms. The summed E-state index contributed by atoms with van der Waals surface area (Å²) in [5.74, 6) is 1.07. The monoisotopic (exact) mass is 364 g/mol. The first-order valence-electron chi connectivity index (χ1n) is 8.64. The van der Waals surface area contributed by atoms with Gasteiger partial charge >= 0.3 is 0 Å². The van der Waals surface area contributed by atoms with Crippen LogP contribution in [0.1, 0.15) is 18.1 Å². The zero-order valence-electron chi connectivity index (χ0n) is 15.2. The number of rotatable bonds is 5. The second-order valence-electron chi connectivity index (χ2n) is 5.92. The molecule has 0 aliphatic carbocycles. The molecule has 0 radical (unpaired) electrons. The van der Waals surface area contributed by atoms with Gasteiger partial charge in [-0.3, -0.25) is 4.79 Å². The minimum absolute atomic E-state index is 0.0201. The number of hydrogen-bond donors (Lipinski definition) is 1. The number of methoxy groups -OCH3 is 1. The highest BCUT2D eigenvalue weighted by molar-refractivity contribution is 6.09. The van der Waals surface area contributed by atoms with Crippen molar-refractivity contribution in [3.63, 3.8) is 0 Å². The van der Waals surface area contributed by atoms with Gasteiger partial charge in [-0.1, -0.05) is 19.1 Å². The number of amides is 1. The molecule has 1 N–H and O–H groups in total. The number of aryl methyl sites for hydroxylation is 1. The van der Waals surface area contributed by atoms with Crippen LogP contribution in [-0.2, 0) is 11.2 Å². The van der Waals surface area contributed by atoms with Gasteiger partial charge in [-0.2, -0.15) is 5.26 Å². The minimum Gasteiger partial charge on any atom is -0.493 e. The van der Waals surface area contributed by atoms with Gasteiger partial charge < -0.3 is 19.5 Å². The highest BCUT2D eigenvalue weighted by Gasteiger charge is 2.19. The Balaban J connectivity index is 1.85. The molecule has 6 heteroatoms. The third kappa shape index (κ3) is 4.21. The first-order chi connectivity index (χ1) is 13.1. The summed E-state index contributed by atoms with van der Waals surface area (Å²) < 4.78 is 16.5. The Morgan fingerprint density at radius 1 is 1.26 bits per heavy atom. The standard InChI is InChI=1S/C21H20N2O4/c1-3-14-4-6-17(7-5-14)23-21(24)16(13-22)10-15-11-18(25-2)20-19(12-15)26-8-9-27-20/h4-7,10-12H,3,8-9H2,1-2H3,(H,23,24)/b16-10+. The van der Waals surface area contributed by atoms with E-state index in [0.717, 1.165) is 6.42 Å². The zero-order valence-corrected chi connectivity index (χ0v) is 15.2. The van der Waals surface area contributed by atoms with Gasteiger partial charge in [-0.05, 0) is 47.9 Å². The predicted octanol–water partition coefficient (Wildman–Crippen LogP) is 3.57. The third-order valence-corrected chi connectivity index (χ3v) is 4.15. The van der Waals surface area contributed by atoms with E-state index in [4.69, 9.17) is 14.2 Å². The van der Waals surface area contributed by atoms with Crippen molar-refractivity contribution in [3.05, 3.63) is 53.1 Å². The summed E-state index contributed by atoms with van der Waals surface area (Å²) in [5, 5.41) is 12.2. The topological polar surface area (TPSA) is 80.6 Å². The number of carbonyl (C=O) groups is 1. The van der Waals surface area contributed by atoms with Crippen LogP contribution in [0.25, 0.3) is 6.08 Å². The number of anilines is 1. The Morgan fingerprint density at radius 3 is 2.67 bits per heavy atom. The zero-order chi connectivity index (χ0) is 19.2. The quantitative estimate of drug-likeness (QED) is 0.648. The summed E-state index contributed by atoms with van der Waals surface area (Å²) in [4.78, 5) is 12.5. The molecule has 1 amide bonds. The summed E-state index contributed by atoms with van der Waals surface area (Å²) in [5.41, 5.74) is 2.41. The van der Waals surface area contributed by atoms with Crippen molar-refractivity contribution < 1.29 is 19.0 Å². The lowest BCUT2D eigenvalue weighted by atomic mass is 10.1. The van der Waals surface area contributed by atoms with Crippen LogP contribution in [0.3, 0.4) is 0 Å². The lowest BCUT2D eigenvalue weighted by molar-refractivity contribution is -0.112. The first kappa shape index (κ1) is 18.3. The molecule has 0 saturated heterocycles. The number of nitrogens with one attached hydrogen (secondary N) is 1. The fraction of sp³-hybridized carbons (Fsp3) is 0.238. The molecule has 0 atom stereocenters. The molecule has 1 aliphatic heterocycles. The van der Waals surface area contributed by atoms with E-state index in [2.05, 4.69) is 12.2 Å². The van der Waals surface area contributed by atoms with Crippen molar-refractivity contribution in [2.24, 2.45) is 0 Å². The fourth-order valence-corrected chi connectivity index (χ4v) is 2.71. The number of carbonyl (C=O) groups excluding carboxylic acids is 1. The van der Waals surface area contributed by atoms with E-state index in [0.29, 0.717) is 41.7 Å². The number of hydrogen-bond acceptors (Lipinski definition) is 5. The Bertz CT molecular complexity index is 894. The maximum absolute atomic E-state index is 12.5. The smallest absolute Gasteiger partial charge is 0.266 e. The molecule has 2 aromatic rings. The van der Waals surface area contributed by atoms with E-state index in [1.54, 1.807) is 12.1 Å². The number of nitrogens with zero attached hydrogens (tertiary/aromatic N) is 1. The number of ether oxygens (including phenoxy) is 3. The molecule has 1 heterocycles. The van der Waals surface area contributed by atoms with Crippen molar-refractivity contribution in [1.29, 1.82) is 5.26 Å². The van der Waals surface area contributed by atoms with Crippen LogP contribution in [0.15, 0.2) is 42.0 Å². The van der Waals surface area contributed by atoms with Crippen LogP contribution in [0, 0.1) is 11.3 Å². The molecule has 3 rings (SSSR count). The van der Waals surface area contributed by atoms with E-state index in [-0.39, 0.29) is 5.57 Å². The molecule has 0 spiro atoms. The SMILES string of the molecule is CCc1ccc(NC(=O)/C(C#N)=C/c2cc(OC)c3c(c2)OCCO3)cc1. The molecule has 1 aliphatic rings. The van der Waals surface area contributed by atoms with E-state index < -0.39 is 5.91 Å². The average molecular weight is 364 g/mol. The van der Waals surface area contributed by atoms with E-state index in [1.165, 1.54) is 18.7 Å². The van der Waals surface area contributed by atoms with Gasteiger partial charge in [0.1, 0.15) is 24.9 Å². The Morgan fingerprint density at radius 2 is 2.00 bits per heavy atom. The summed E-state index contributed by atoms with van der Waals surface area (Å²) >= 11 is 0. The predicted molar refractivity (Wildman–Crippen MR) is 102 cm³/mol. The summed E-state index contributed by atoms with van der Waals surface area (Å²) in [6.45, 7) is 2.94. The van der Waals surface area contributed by atoms with Gasteiger partial charge in [0.05, 0.1) is 7.11 Å². The summed E-state index contributed by atoms with van der Waals surface area (Å²) in [7, 11) is 1.53. The molecule has 0 bridgehead atoms. The maximum Gasteiger partial charge on any atom is 0.266 e. The molecular formula is C21H20N2O4. The second-order valence-corrected chi connectivity index (χ2v) is 5.92. The maximum atomic E-state index is 12.5. The van der Waals surface area contributed by atoms with Crippen molar-refractivity contribution in [2.45, 2.75) is 13.3 Å². The number of fused-ring (bicyclic) bond motifs is 1. The Hall–Kier alpha value is -3.46. The molecule has 138 valence electrons. The van der Waals surface area contributed by atoms with Crippen LogP contribution in [0.5, 0.6) is 17.2 Å². The van der Waals surface area contributed by atoms with Gasteiger partial charge in [-0.25, -0.2) is 0 Å². The largest absolute Gasteiger partial charge is 0.493 e. The third-order valence-electron chi connectivity index (χ3n) is 4.15. The summed E-state index contributed by atoms with van der Waals surface area (Å²) in [6.07, 6.45) is 2.42. The van der Waals surface area contributed by atoms with Gasteiger partial charge in [0.25, 0.3) is 5.91 Å². The molecule has 0 saturated carbocycles. The number of nitriles is 1. The lowest BCUT2D eigenvalue weighted by Gasteiger charge is -2.21. The molecule has 0 unspecified atom stereocenters. The van der Waals surface area contributed by atoms with E-state index >= 15 is 0 Å². The van der Waals surface area contributed by atoms with Crippen LogP contribution in [0.2, 0.25) is 0 Å². The van der Waals surface area contributed by atoms with Crippen molar-refractivity contribution >= 4 is 17.7 Å². The van der Waals surface area contributed by atoms with E-state index in [9.17, 15) is 10.1 Å². The highest BCUT2D eigenvalue weighted by atomic mass is 16.6. The highest BCUT2D eigenvalue weighted by Crippen LogP contribution is 2.40. The normalized spacial score (nSPS) is 12.9. The second kappa shape index (κ2) is 8.28. The van der Waals surface area contributed by atoms with Gasteiger partial charge in [0.2, 0.25) is 5.75 Å². The van der Waals surface area contributed by atoms with Crippen LogP contribution >= 0.6 is 0 Å². The average Bonchev–Trinajstić information content (AvgIpc) is 2.71. The first-order valence-corrected chi connectivity index (χ1v) is 8.64. The number of benzene rings is 2. The Labute approximate surface area is 158 Å². The fourth-order valence-electron chi connectivity index (χ4n) is 2.71. The molecule has 0 aromatic heterocycles. The van der Waals surface area contributed by atoms with Crippen molar-refractivity contribution in [1.82, 2.24) is 0 Å². The minimum atomic E-state index is -0.476. The lowest BCUT2D eigenvalue weighted by Crippen LogP contribution is -2.16. The Kier molecular flexibility index (Phi) is 5.62. The molecule has 0 fully saturated rings. The molecule has 6 nitrogen and oxygen atoms in total.